The fourth-order valence-corrected chi connectivity index (χ4v) is 1.24. The molecule has 0 amide bonds. The van der Waals surface area contributed by atoms with Gasteiger partial charge in [0.05, 0.1) is 0 Å². The van der Waals surface area contributed by atoms with Crippen LogP contribution in [-0.2, 0) is 0 Å². The molecule has 0 aliphatic rings. The molecule has 1 N–H and O–H groups in total. The second-order valence-electron chi connectivity index (χ2n) is 7.62. The Bertz CT molecular complexity index is 178. The lowest BCUT2D eigenvalue weighted by molar-refractivity contribution is 0.118. The third kappa shape index (κ3) is 6.19. The molecule has 0 spiro atoms. The monoisotopic (exact) mass is 213 g/mol. The Morgan fingerprint density at radius 1 is 0.800 bits per heavy atom. The zero-order chi connectivity index (χ0) is 12.3. The van der Waals surface area contributed by atoms with Crippen molar-refractivity contribution in [2.45, 2.75) is 61.8 Å². The minimum Gasteiger partial charge on any atom is -0.316 e. The molecular formula is C14H31N. The van der Waals surface area contributed by atoms with Crippen molar-refractivity contribution < 1.29 is 0 Å². The molecule has 0 saturated heterocycles. The van der Waals surface area contributed by atoms with Crippen LogP contribution in [0.25, 0.3) is 0 Å². The van der Waals surface area contributed by atoms with E-state index in [1.54, 1.807) is 0 Å². The maximum atomic E-state index is 3.55. The normalized spacial score (nSPS) is 14.4. The predicted octanol–water partition coefficient (Wildman–Crippen LogP) is 4.08. The average molecular weight is 213 g/mol. The van der Waals surface area contributed by atoms with E-state index in [2.05, 4.69) is 60.7 Å². The van der Waals surface area contributed by atoms with Crippen molar-refractivity contribution in [3.8, 4) is 0 Å². The van der Waals surface area contributed by atoms with Gasteiger partial charge in [-0.25, -0.2) is 0 Å². The van der Waals surface area contributed by atoms with E-state index >= 15 is 0 Å². The Morgan fingerprint density at radius 3 is 1.60 bits per heavy atom. The van der Waals surface area contributed by atoms with Crippen LogP contribution in [0.3, 0.4) is 0 Å². The van der Waals surface area contributed by atoms with Gasteiger partial charge >= 0.3 is 0 Å². The Hall–Kier alpha value is -0.0400. The second kappa shape index (κ2) is 4.86. The summed E-state index contributed by atoms with van der Waals surface area (Å²) in [6.45, 7) is 20.8. The molecule has 0 bridgehead atoms. The smallest absolute Gasteiger partial charge is 0.0000122 e. The first kappa shape index (κ1) is 15.0. The molecule has 92 valence electrons. The van der Waals surface area contributed by atoms with Crippen molar-refractivity contribution >= 4 is 0 Å². The van der Waals surface area contributed by atoms with Crippen LogP contribution in [0.5, 0.6) is 0 Å². The van der Waals surface area contributed by atoms with E-state index < -0.39 is 0 Å². The van der Waals surface area contributed by atoms with Crippen molar-refractivity contribution in [2.24, 2.45) is 16.2 Å². The van der Waals surface area contributed by atoms with E-state index in [9.17, 15) is 0 Å². The zero-order valence-electron chi connectivity index (χ0n) is 12.1. The average Bonchev–Trinajstić information content (AvgIpc) is 1.94. The van der Waals surface area contributed by atoms with Gasteiger partial charge in [-0.2, -0.15) is 0 Å². The molecular weight excluding hydrogens is 182 g/mol. The highest BCUT2D eigenvalue weighted by Gasteiger charge is 2.31. The summed E-state index contributed by atoms with van der Waals surface area (Å²) in [5.74, 6) is 0. The summed E-state index contributed by atoms with van der Waals surface area (Å²) >= 11 is 0. The maximum Gasteiger partial charge on any atom is -0.0000122 e. The molecule has 0 heterocycles. The highest BCUT2D eigenvalue weighted by atomic mass is 14.9. The molecule has 0 unspecified atom stereocenters. The van der Waals surface area contributed by atoms with E-state index in [0.29, 0.717) is 16.2 Å². The quantitative estimate of drug-likeness (QED) is 0.694. The van der Waals surface area contributed by atoms with Gasteiger partial charge in [0.25, 0.3) is 0 Å². The first-order valence-corrected chi connectivity index (χ1v) is 6.16. The predicted molar refractivity (Wildman–Crippen MR) is 70.2 cm³/mol. The summed E-state index contributed by atoms with van der Waals surface area (Å²) in [6.07, 6.45) is 1.24. The van der Waals surface area contributed by atoms with Gasteiger partial charge in [-0.05, 0) is 35.8 Å². The minimum atomic E-state index is 0.385. The van der Waals surface area contributed by atoms with E-state index in [4.69, 9.17) is 0 Å². The van der Waals surface area contributed by atoms with Crippen molar-refractivity contribution in [3.05, 3.63) is 0 Å². The van der Waals surface area contributed by atoms with Crippen molar-refractivity contribution in [2.75, 3.05) is 13.1 Å². The van der Waals surface area contributed by atoms with E-state index in [1.165, 1.54) is 6.42 Å². The van der Waals surface area contributed by atoms with Crippen molar-refractivity contribution in [1.82, 2.24) is 5.32 Å². The van der Waals surface area contributed by atoms with E-state index in [1.807, 2.05) is 0 Å². The Morgan fingerprint density at radius 2 is 1.27 bits per heavy atom. The third-order valence-electron chi connectivity index (χ3n) is 3.61. The zero-order valence-corrected chi connectivity index (χ0v) is 12.1. The molecule has 0 aliphatic heterocycles. The van der Waals surface area contributed by atoms with E-state index in [-0.39, 0.29) is 0 Å². The third-order valence-corrected chi connectivity index (χ3v) is 3.61. The first-order chi connectivity index (χ1) is 6.46. The van der Waals surface area contributed by atoms with Gasteiger partial charge in [0.15, 0.2) is 0 Å². The molecule has 0 aromatic rings. The van der Waals surface area contributed by atoms with Gasteiger partial charge < -0.3 is 5.32 Å². The largest absolute Gasteiger partial charge is 0.316 e. The fourth-order valence-electron chi connectivity index (χ4n) is 1.24. The Kier molecular flexibility index (Phi) is 4.85. The molecule has 0 fully saturated rings. The standard InChI is InChI=1S/C14H31N/c1-12(2,3)11-15-10-9-14(7,8)13(4,5)6/h15H,9-11H2,1-8H3. The number of nitrogens with one attached hydrogen (secondary N) is 1. The molecule has 0 aromatic heterocycles. The van der Waals surface area contributed by atoms with Gasteiger partial charge in [-0.15, -0.1) is 0 Å². The lowest BCUT2D eigenvalue weighted by Crippen LogP contribution is -2.35. The fraction of sp³-hybridized carbons (Fsp3) is 1.00. The van der Waals surface area contributed by atoms with Crippen LogP contribution >= 0.6 is 0 Å². The van der Waals surface area contributed by atoms with Crippen LogP contribution in [0.2, 0.25) is 0 Å². The minimum absolute atomic E-state index is 0.385. The molecule has 1 heteroatoms. The number of hydrogen-bond donors (Lipinski definition) is 1. The lowest BCUT2D eigenvalue weighted by Gasteiger charge is -2.39. The number of hydrogen-bond acceptors (Lipinski definition) is 1. The first-order valence-electron chi connectivity index (χ1n) is 6.16. The maximum absolute atomic E-state index is 3.55. The van der Waals surface area contributed by atoms with Crippen LogP contribution in [0.4, 0.5) is 0 Å². The summed E-state index contributed by atoms with van der Waals surface area (Å²) in [4.78, 5) is 0. The summed E-state index contributed by atoms with van der Waals surface area (Å²) in [6, 6.07) is 0. The molecule has 0 aromatic carbocycles. The van der Waals surface area contributed by atoms with Crippen LogP contribution in [0, 0.1) is 16.2 Å². The van der Waals surface area contributed by atoms with Gasteiger partial charge in [-0.3, -0.25) is 0 Å². The molecule has 0 radical (unpaired) electrons. The van der Waals surface area contributed by atoms with Crippen LogP contribution in [0.15, 0.2) is 0 Å². The van der Waals surface area contributed by atoms with E-state index in [0.717, 1.165) is 13.1 Å². The molecule has 0 rings (SSSR count). The second-order valence-corrected chi connectivity index (χ2v) is 7.62. The summed E-state index contributed by atoms with van der Waals surface area (Å²) in [5.41, 5.74) is 1.18. The van der Waals surface area contributed by atoms with Gasteiger partial charge in [0.2, 0.25) is 0 Å². The van der Waals surface area contributed by atoms with Gasteiger partial charge in [0.1, 0.15) is 0 Å². The topological polar surface area (TPSA) is 12.0 Å². The number of rotatable bonds is 4. The molecule has 0 saturated carbocycles. The molecule has 1 nitrogen and oxygen atoms in total. The van der Waals surface area contributed by atoms with Crippen LogP contribution in [-0.4, -0.2) is 13.1 Å². The molecule has 0 atom stereocenters. The molecule has 0 aliphatic carbocycles. The summed E-state index contributed by atoms with van der Waals surface area (Å²) < 4.78 is 0. The highest BCUT2D eigenvalue weighted by Crippen LogP contribution is 2.40. The Labute approximate surface area is 97.0 Å². The van der Waals surface area contributed by atoms with Crippen molar-refractivity contribution in [1.29, 1.82) is 0 Å². The highest BCUT2D eigenvalue weighted by molar-refractivity contribution is 4.83. The van der Waals surface area contributed by atoms with Crippen LogP contribution < -0.4 is 5.32 Å². The van der Waals surface area contributed by atoms with Gasteiger partial charge in [0, 0.05) is 0 Å². The molecule has 15 heavy (non-hydrogen) atoms. The summed E-state index contributed by atoms with van der Waals surface area (Å²) in [5, 5.41) is 3.55. The van der Waals surface area contributed by atoms with Crippen LogP contribution in [0.1, 0.15) is 61.8 Å². The van der Waals surface area contributed by atoms with Gasteiger partial charge in [-0.1, -0.05) is 55.4 Å². The lowest BCUT2D eigenvalue weighted by atomic mass is 9.67. The summed E-state index contributed by atoms with van der Waals surface area (Å²) in [7, 11) is 0. The van der Waals surface area contributed by atoms with Crippen molar-refractivity contribution in [3.63, 3.8) is 0 Å². The Balaban J connectivity index is 3.87. The SMILES string of the molecule is CC(C)(C)CNCCC(C)(C)C(C)(C)C.